The number of hydrogen-bond donors (Lipinski definition) is 0. The molecule has 4 rings (SSSR count). The van der Waals surface area contributed by atoms with E-state index in [1.54, 1.807) is 48.5 Å². The summed E-state index contributed by atoms with van der Waals surface area (Å²) in [5.74, 6) is 2.15. The molecule has 0 bridgehead atoms. The lowest BCUT2D eigenvalue weighted by Gasteiger charge is -2.28. The number of ether oxygens (including phenoxy) is 1. The number of furan rings is 1. The minimum absolute atomic E-state index is 0.0361. The van der Waals surface area contributed by atoms with E-state index in [0.717, 1.165) is 37.5 Å². The van der Waals surface area contributed by atoms with Crippen molar-refractivity contribution in [3.05, 3.63) is 64.3 Å². The fourth-order valence-corrected chi connectivity index (χ4v) is 4.72. The lowest BCUT2D eigenvalue weighted by atomic mass is 9.78. The molecule has 1 aliphatic rings. The standard InChI is InChI=1S/C26H26Cl2O4/c27-20-6-9-23(10-7-20)31-16-22(29)13-18-3-1-17(2-4-18)5-11-24(30)26-15-19-14-21(28)8-12-25(19)32-26/h6-10,12,14-15,17-18H,1-5,11,13,16H2. The first-order chi connectivity index (χ1) is 15.5. The number of fused-ring (bicyclic) bond motifs is 1. The molecule has 0 unspecified atom stereocenters. The molecule has 1 aliphatic carbocycles. The summed E-state index contributed by atoms with van der Waals surface area (Å²) < 4.78 is 11.2. The molecule has 6 heteroatoms. The van der Waals surface area contributed by atoms with Crippen LogP contribution in [0.15, 0.2) is 52.9 Å². The smallest absolute Gasteiger partial charge is 0.198 e. The van der Waals surface area contributed by atoms with Gasteiger partial charge >= 0.3 is 0 Å². The van der Waals surface area contributed by atoms with Crippen LogP contribution >= 0.6 is 23.2 Å². The maximum atomic E-state index is 12.6. The molecule has 32 heavy (non-hydrogen) atoms. The Labute approximate surface area is 197 Å². The molecule has 0 aliphatic heterocycles. The molecular weight excluding hydrogens is 447 g/mol. The molecule has 2 aromatic carbocycles. The van der Waals surface area contributed by atoms with Crippen LogP contribution in [0.1, 0.15) is 55.5 Å². The van der Waals surface area contributed by atoms with Crippen molar-refractivity contribution in [2.45, 2.75) is 44.9 Å². The zero-order valence-corrected chi connectivity index (χ0v) is 19.3. The fraction of sp³-hybridized carbons (Fsp3) is 0.385. The van der Waals surface area contributed by atoms with Gasteiger partial charge in [-0.3, -0.25) is 9.59 Å². The molecule has 0 amide bonds. The van der Waals surface area contributed by atoms with Crippen molar-refractivity contribution in [3.8, 4) is 5.75 Å². The van der Waals surface area contributed by atoms with E-state index < -0.39 is 0 Å². The summed E-state index contributed by atoms with van der Waals surface area (Å²) in [4.78, 5) is 24.9. The van der Waals surface area contributed by atoms with Gasteiger partial charge in [0.2, 0.25) is 0 Å². The maximum absolute atomic E-state index is 12.6. The predicted molar refractivity (Wildman–Crippen MR) is 127 cm³/mol. The van der Waals surface area contributed by atoms with Crippen molar-refractivity contribution in [3.63, 3.8) is 0 Å². The highest BCUT2D eigenvalue weighted by atomic mass is 35.5. The van der Waals surface area contributed by atoms with Gasteiger partial charge in [-0.15, -0.1) is 0 Å². The molecule has 0 radical (unpaired) electrons. The highest BCUT2D eigenvalue weighted by molar-refractivity contribution is 6.31. The predicted octanol–water partition coefficient (Wildman–Crippen LogP) is 7.55. The second-order valence-corrected chi connectivity index (χ2v) is 9.50. The normalized spacial score (nSPS) is 18.6. The van der Waals surface area contributed by atoms with Crippen LogP contribution in [0, 0.1) is 11.8 Å². The second-order valence-electron chi connectivity index (χ2n) is 8.63. The quantitative estimate of drug-likeness (QED) is 0.301. The highest BCUT2D eigenvalue weighted by Gasteiger charge is 2.24. The van der Waals surface area contributed by atoms with Crippen LogP contribution in [0.2, 0.25) is 10.0 Å². The Hall–Kier alpha value is -2.30. The van der Waals surface area contributed by atoms with E-state index in [1.807, 2.05) is 0 Å². The van der Waals surface area contributed by atoms with Crippen molar-refractivity contribution >= 4 is 45.7 Å². The molecule has 0 N–H and O–H groups in total. The van der Waals surface area contributed by atoms with E-state index in [2.05, 4.69) is 0 Å². The number of ketones is 2. The van der Waals surface area contributed by atoms with E-state index in [1.165, 1.54) is 0 Å². The van der Waals surface area contributed by atoms with Crippen LogP contribution in [0.25, 0.3) is 11.0 Å². The number of halogens is 2. The van der Waals surface area contributed by atoms with Crippen LogP contribution in [-0.2, 0) is 4.79 Å². The molecule has 0 saturated heterocycles. The summed E-state index contributed by atoms with van der Waals surface area (Å²) in [7, 11) is 0. The van der Waals surface area contributed by atoms with Crippen LogP contribution in [0.3, 0.4) is 0 Å². The summed E-state index contributed by atoms with van der Waals surface area (Å²) in [6.07, 6.45) is 6.05. The third-order valence-corrected chi connectivity index (χ3v) is 6.72. The van der Waals surface area contributed by atoms with Gasteiger partial charge in [0.25, 0.3) is 0 Å². The van der Waals surface area contributed by atoms with Crippen LogP contribution < -0.4 is 4.74 Å². The summed E-state index contributed by atoms with van der Waals surface area (Å²) in [6, 6.07) is 14.2. The first-order valence-electron chi connectivity index (χ1n) is 11.1. The molecule has 3 aromatic rings. The van der Waals surface area contributed by atoms with Gasteiger partial charge in [0.15, 0.2) is 17.3 Å². The molecule has 0 spiro atoms. The first-order valence-corrected chi connectivity index (χ1v) is 11.8. The van der Waals surface area contributed by atoms with Crippen molar-refractivity contribution in [2.75, 3.05) is 6.61 Å². The van der Waals surface area contributed by atoms with Gasteiger partial charge in [0.1, 0.15) is 17.9 Å². The van der Waals surface area contributed by atoms with Crippen LogP contribution in [-0.4, -0.2) is 18.2 Å². The second kappa shape index (κ2) is 10.5. The van der Waals surface area contributed by atoms with Crippen LogP contribution in [0.5, 0.6) is 5.75 Å². The average molecular weight is 473 g/mol. The Balaban J connectivity index is 1.17. The van der Waals surface area contributed by atoms with Gasteiger partial charge in [-0.1, -0.05) is 36.0 Å². The Kier molecular flexibility index (Phi) is 7.54. The minimum Gasteiger partial charge on any atom is -0.486 e. The Bertz CT molecular complexity index is 1080. The number of Topliss-reactive ketones (excluding diaryl/α,β-unsaturated/α-hetero) is 2. The third kappa shape index (κ3) is 6.14. The van der Waals surface area contributed by atoms with Gasteiger partial charge in [-0.25, -0.2) is 0 Å². The molecule has 1 heterocycles. The lowest BCUT2D eigenvalue weighted by Crippen LogP contribution is -2.21. The van der Waals surface area contributed by atoms with Crippen molar-refractivity contribution < 1.29 is 18.7 Å². The highest BCUT2D eigenvalue weighted by Crippen LogP contribution is 2.34. The molecule has 1 aromatic heterocycles. The van der Waals surface area contributed by atoms with Gasteiger partial charge in [0, 0.05) is 28.3 Å². The SMILES string of the molecule is O=C(COc1ccc(Cl)cc1)CC1CCC(CCC(=O)c2cc3cc(Cl)ccc3o2)CC1. The largest absolute Gasteiger partial charge is 0.486 e. The summed E-state index contributed by atoms with van der Waals surface area (Å²) in [5.41, 5.74) is 0.683. The molecule has 1 fully saturated rings. The minimum atomic E-state index is 0.0361. The van der Waals surface area contributed by atoms with E-state index in [0.29, 0.717) is 51.8 Å². The van der Waals surface area contributed by atoms with E-state index >= 15 is 0 Å². The van der Waals surface area contributed by atoms with E-state index in [4.69, 9.17) is 32.4 Å². The Morgan fingerprint density at radius 1 is 0.906 bits per heavy atom. The monoisotopic (exact) mass is 472 g/mol. The number of benzene rings is 2. The van der Waals surface area contributed by atoms with Gasteiger partial charge < -0.3 is 9.15 Å². The Morgan fingerprint density at radius 2 is 1.59 bits per heavy atom. The third-order valence-electron chi connectivity index (χ3n) is 6.23. The van der Waals surface area contributed by atoms with E-state index in [9.17, 15) is 9.59 Å². The lowest BCUT2D eigenvalue weighted by molar-refractivity contribution is -0.122. The van der Waals surface area contributed by atoms with E-state index in [-0.39, 0.29) is 18.2 Å². The number of hydrogen-bond acceptors (Lipinski definition) is 4. The van der Waals surface area contributed by atoms with Gasteiger partial charge in [-0.2, -0.15) is 0 Å². The molecule has 4 nitrogen and oxygen atoms in total. The van der Waals surface area contributed by atoms with Gasteiger partial charge in [-0.05, 0) is 79.6 Å². The molecule has 1 saturated carbocycles. The number of carbonyl (C=O) groups excluding carboxylic acids is 2. The number of carbonyl (C=O) groups is 2. The first kappa shape index (κ1) is 22.9. The summed E-state index contributed by atoms with van der Waals surface area (Å²) in [6.45, 7) is 0.0960. The maximum Gasteiger partial charge on any atom is 0.198 e. The van der Waals surface area contributed by atoms with Crippen LogP contribution in [0.4, 0.5) is 0 Å². The molecule has 0 atom stereocenters. The van der Waals surface area contributed by atoms with Crippen molar-refractivity contribution in [1.82, 2.24) is 0 Å². The average Bonchev–Trinajstić information content (AvgIpc) is 3.21. The zero-order valence-electron chi connectivity index (χ0n) is 17.8. The summed E-state index contributed by atoms with van der Waals surface area (Å²) >= 11 is 11.9. The summed E-state index contributed by atoms with van der Waals surface area (Å²) in [5, 5.41) is 2.12. The fourth-order valence-electron chi connectivity index (χ4n) is 4.41. The number of rotatable bonds is 9. The Morgan fingerprint density at radius 3 is 2.34 bits per heavy atom. The molecular formula is C26H26Cl2O4. The van der Waals surface area contributed by atoms with Crippen molar-refractivity contribution in [2.24, 2.45) is 11.8 Å². The topological polar surface area (TPSA) is 56.5 Å². The van der Waals surface area contributed by atoms with Crippen molar-refractivity contribution in [1.29, 1.82) is 0 Å². The molecule has 168 valence electrons. The van der Waals surface area contributed by atoms with Gasteiger partial charge in [0.05, 0.1) is 0 Å². The zero-order chi connectivity index (χ0) is 22.5.